The van der Waals surface area contributed by atoms with Crippen LogP contribution in [0.25, 0.3) is 22.3 Å². The van der Waals surface area contributed by atoms with Crippen LogP contribution in [0.3, 0.4) is 0 Å². The molecule has 1 aromatic heterocycles. The van der Waals surface area contributed by atoms with Crippen molar-refractivity contribution in [2.45, 2.75) is 5.79 Å². The van der Waals surface area contributed by atoms with Crippen LogP contribution in [0.4, 0.5) is 0 Å². The second-order valence-electron chi connectivity index (χ2n) is 8.35. The Morgan fingerprint density at radius 3 is 2.06 bits per heavy atom. The Kier molecular flexibility index (Phi) is 4.86. The average molecular weight is 480 g/mol. The highest BCUT2D eigenvalue weighted by molar-refractivity contribution is 5.88. The van der Waals surface area contributed by atoms with Gasteiger partial charge in [0, 0.05) is 28.8 Å². The molecule has 0 saturated heterocycles. The van der Waals surface area contributed by atoms with Crippen molar-refractivity contribution in [3.8, 4) is 40.1 Å². The van der Waals surface area contributed by atoms with E-state index in [2.05, 4.69) is 0 Å². The number of hydrogen-bond acceptors (Lipinski definition) is 7. The van der Waals surface area contributed by atoms with E-state index < -0.39 is 17.0 Å². The van der Waals surface area contributed by atoms with Crippen LogP contribution in [-0.4, -0.2) is 17.3 Å². The van der Waals surface area contributed by atoms with E-state index in [4.69, 9.17) is 18.6 Å². The Morgan fingerprint density at radius 1 is 0.778 bits per heavy atom. The lowest BCUT2D eigenvalue weighted by atomic mass is 9.97. The predicted molar refractivity (Wildman–Crippen MR) is 133 cm³/mol. The van der Waals surface area contributed by atoms with Crippen LogP contribution >= 0.6 is 0 Å². The molecule has 0 fully saturated rings. The molecular weight excluding hydrogens is 460 g/mol. The fourth-order valence-corrected chi connectivity index (χ4v) is 4.51. The van der Waals surface area contributed by atoms with E-state index in [1.807, 2.05) is 60.7 Å². The SMILES string of the molecule is COc1c(-c2ccc3c(c2)OC(c2ccccc2)(c2ccccc2)O3)oc2cc(O)cc(O)c2c1=O. The highest BCUT2D eigenvalue weighted by atomic mass is 16.7. The van der Waals surface area contributed by atoms with Crippen LogP contribution < -0.4 is 19.6 Å². The molecule has 178 valence electrons. The van der Waals surface area contributed by atoms with Gasteiger partial charge in [-0.1, -0.05) is 60.7 Å². The van der Waals surface area contributed by atoms with Crippen molar-refractivity contribution in [2.75, 3.05) is 7.11 Å². The molecule has 4 aromatic carbocycles. The Hall–Kier alpha value is -4.91. The Labute approximate surface area is 205 Å². The van der Waals surface area contributed by atoms with E-state index in [9.17, 15) is 15.0 Å². The maximum Gasteiger partial charge on any atom is 0.305 e. The largest absolute Gasteiger partial charge is 0.508 e. The molecule has 5 aromatic rings. The first kappa shape index (κ1) is 21.6. The Balaban J connectivity index is 1.51. The number of fused-ring (bicyclic) bond motifs is 2. The second kappa shape index (κ2) is 8.09. The maximum atomic E-state index is 13.1. The summed E-state index contributed by atoms with van der Waals surface area (Å²) in [5.41, 5.74) is 1.58. The van der Waals surface area contributed by atoms with Gasteiger partial charge in [0.2, 0.25) is 11.2 Å². The van der Waals surface area contributed by atoms with Crippen molar-refractivity contribution in [3.63, 3.8) is 0 Å². The standard InChI is InChI=1S/C29H20O7/c1-33-28-26(32)25-21(31)15-20(30)16-24(25)34-27(28)17-12-13-22-23(14-17)36-29(35-22,18-8-4-2-5-9-18)19-10-6-3-7-11-19/h2-16,30-31H,1H3. The lowest BCUT2D eigenvalue weighted by Crippen LogP contribution is -2.36. The first-order valence-electron chi connectivity index (χ1n) is 11.2. The first-order chi connectivity index (χ1) is 17.5. The molecule has 0 aliphatic carbocycles. The summed E-state index contributed by atoms with van der Waals surface area (Å²) in [5.74, 6) is -0.823. The predicted octanol–water partition coefficient (Wildman–Crippen LogP) is 5.55. The summed E-state index contributed by atoms with van der Waals surface area (Å²) in [5, 5.41) is 20.0. The van der Waals surface area contributed by atoms with Crippen LogP contribution in [0, 0.1) is 0 Å². The third-order valence-corrected chi connectivity index (χ3v) is 6.14. The quantitative estimate of drug-likeness (QED) is 0.348. The molecule has 0 spiro atoms. The minimum atomic E-state index is -1.20. The molecule has 1 aliphatic heterocycles. The van der Waals surface area contributed by atoms with Crippen molar-refractivity contribution in [1.29, 1.82) is 0 Å². The number of phenols is 2. The van der Waals surface area contributed by atoms with Gasteiger partial charge in [-0.3, -0.25) is 4.79 Å². The zero-order valence-corrected chi connectivity index (χ0v) is 19.1. The minimum Gasteiger partial charge on any atom is -0.508 e. The number of methoxy groups -OCH3 is 1. The Bertz CT molecular complexity index is 1620. The molecule has 36 heavy (non-hydrogen) atoms. The van der Waals surface area contributed by atoms with Crippen molar-refractivity contribution < 1.29 is 28.8 Å². The van der Waals surface area contributed by atoms with Gasteiger partial charge in [0.15, 0.2) is 17.3 Å². The molecule has 2 heterocycles. The van der Waals surface area contributed by atoms with Gasteiger partial charge in [-0.25, -0.2) is 0 Å². The zero-order valence-electron chi connectivity index (χ0n) is 19.1. The molecular formula is C29H20O7. The smallest absolute Gasteiger partial charge is 0.305 e. The zero-order chi connectivity index (χ0) is 24.9. The van der Waals surface area contributed by atoms with E-state index in [0.717, 1.165) is 17.2 Å². The normalized spacial score (nSPS) is 13.6. The number of benzene rings is 4. The van der Waals surface area contributed by atoms with Crippen LogP contribution in [0.2, 0.25) is 0 Å². The summed E-state index contributed by atoms with van der Waals surface area (Å²) in [6.45, 7) is 0. The number of aromatic hydroxyl groups is 2. The van der Waals surface area contributed by atoms with Gasteiger partial charge in [0.05, 0.1) is 7.11 Å². The van der Waals surface area contributed by atoms with Crippen molar-refractivity contribution in [3.05, 3.63) is 112 Å². The van der Waals surface area contributed by atoms with Crippen LogP contribution in [0.1, 0.15) is 11.1 Å². The van der Waals surface area contributed by atoms with Gasteiger partial charge in [-0.2, -0.15) is 0 Å². The molecule has 0 unspecified atom stereocenters. The van der Waals surface area contributed by atoms with Gasteiger partial charge in [-0.15, -0.1) is 0 Å². The van der Waals surface area contributed by atoms with Gasteiger partial charge in [0.25, 0.3) is 0 Å². The molecule has 6 rings (SSSR count). The highest BCUT2D eigenvalue weighted by Gasteiger charge is 2.45. The molecule has 2 N–H and O–H groups in total. The van der Waals surface area contributed by atoms with Crippen molar-refractivity contribution in [1.82, 2.24) is 0 Å². The van der Waals surface area contributed by atoms with Crippen molar-refractivity contribution >= 4 is 11.0 Å². The summed E-state index contributed by atoms with van der Waals surface area (Å²) in [6, 6.07) is 26.8. The topological polar surface area (TPSA) is 98.4 Å². The first-order valence-corrected chi connectivity index (χ1v) is 11.2. The van der Waals surface area contributed by atoms with Gasteiger partial charge in [-0.05, 0) is 18.2 Å². The summed E-state index contributed by atoms with van der Waals surface area (Å²) in [6.07, 6.45) is 0. The summed E-state index contributed by atoms with van der Waals surface area (Å²) < 4.78 is 24.2. The van der Waals surface area contributed by atoms with Gasteiger partial charge >= 0.3 is 5.79 Å². The van der Waals surface area contributed by atoms with E-state index in [0.29, 0.717) is 17.1 Å². The molecule has 1 aliphatic rings. The van der Waals surface area contributed by atoms with E-state index in [1.165, 1.54) is 13.2 Å². The summed E-state index contributed by atoms with van der Waals surface area (Å²) in [4.78, 5) is 13.1. The number of phenolic OH excluding ortho intramolecular Hbond substituents is 2. The molecule has 0 bridgehead atoms. The molecule has 0 radical (unpaired) electrons. The molecule has 7 nitrogen and oxygen atoms in total. The van der Waals surface area contributed by atoms with Crippen LogP contribution in [-0.2, 0) is 5.79 Å². The highest BCUT2D eigenvalue weighted by Crippen LogP contribution is 2.49. The van der Waals surface area contributed by atoms with E-state index >= 15 is 0 Å². The van der Waals surface area contributed by atoms with Crippen LogP contribution in [0.15, 0.2) is 100 Å². The monoisotopic (exact) mass is 480 g/mol. The van der Waals surface area contributed by atoms with E-state index in [1.54, 1.807) is 18.2 Å². The van der Waals surface area contributed by atoms with Crippen LogP contribution in [0.5, 0.6) is 28.7 Å². The maximum absolute atomic E-state index is 13.1. The average Bonchev–Trinajstić information content (AvgIpc) is 3.29. The Morgan fingerprint density at radius 2 is 1.42 bits per heavy atom. The third kappa shape index (κ3) is 3.25. The fourth-order valence-electron chi connectivity index (χ4n) is 4.51. The van der Waals surface area contributed by atoms with Gasteiger partial charge < -0.3 is 28.8 Å². The fraction of sp³-hybridized carbons (Fsp3) is 0.0690. The van der Waals surface area contributed by atoms with E-state index in [-0.39, 0.29) is 28.2 Å². The summed E-state index contributed by atoms with van der Waals surface area (Å²) >= 11 is 0. The molecule has 0 atom stereocenters. The number of ether oxygens (including phenoxy) is 3. The van der Waals surface area contributed by atoms with Gasteiger partial charge in [0.1, 0.15) is 22.5 Å². The molecule has 0 saturated carbocycles. The molecule has 7 heteroatoms. The minimum absolute atomic E-state index is 0.0221. The lowest BCUT2D eigenvalue weighted by Gasteiger charge is -2.28. The number of hydrogen-bond donors (Lipinski definition) is 2. The summed E-state index contributed by atoms with van der Waals surface area (Å²) in [7, 11) is 1.35. The van der Waals surface area contributed by atoms with Crippen molar-refractivity contribution in [2.24, 2.45) is 0 Å². The molecule has 0 amide bonds. The lowest BCUT2D eigenvalue weighted by molar-refractivity contribution is -0.0459. The number of rotatable bonds is 4. The second-order valence-corrected chi connectivity index (χ2v) is 8.35. The third-order valence-electron chi connectivity index (χ3n) is 6.14.